The molecule has 1 aromatic rings. The molecule has 0 amide bonds. The number of aryl methyl sites for hydroxylation is 1. The standard InChI is InChI=1S/C14H15NO5/c1-8(16)19-14-6-10-4-5-12(15-20-9(2)17)11(10)7-13(14)18-3/h6-7H,4-5H2,1-3H3/b15-12+. The average molecular weight is 277 g/mol. The van der Waals surface area contributed by atoms with Crippen molar-refractivity contribution >= 4 is 17.7 Å². The van der Waals surface area contributed by atoms with Crippen molar-refractivity contribution in [3.05, 3.63) is 23.3 Å². The van der Waals surface area contributed by atoms with E-state index < -0.39 is 11.9 Å². The van der Waals surface area contributed by atoms with Crippen molar-refractivity contribution in [3.8, 4) is 11.5 Å². The maximum absolute atomic E-state index is 11.1. The smallest absolute Gasteiger partial charge is 0.331 e. The molecule has 1 aliphatic rings. The van der Waals surface area contributed by atoms with Crippen LogP contribution in [0.5, 0.6) is 11.5 Å². The third-order valence-corrected chi connectivity index (χ3v) is 2.87. The van der Waals surface area contributed by atoms with Gasteiger partial charge in [-0.05, 0) is 30.5 Å². The predicted octanol–water partition coefficient (Wildman–Crippen LogP) is 1.83. The molecule has 1 aromatic carbocycles. The second-order valence-corrected chi connectivity index (χ2v) is 4.37. The Hall–Kier alpha value is -2.37. The number of hydrogen-bond acceptors (Lipinski definition) is 6. The first-order valence-electron chi connectivity index (χ1n) is 6.15. The number of oxime groups is 1. The maximum Gasteiger partial charge on any atom is 0.331 e. The van der Waals surface area contributed by atoms with Crippen LogP contribution in [0.2, 0.25) is 0 Å². The fourth-order valence-electron chi connectivity index (χ4n) is 2.07. The SMILES string of the molecule is COc1cc2c(cc1OC(C)=O)CC/C2=N\OC(C)=O. The van der Waals surface area contributed by atoms with Crippen LogP contribution in [0.3, 0.4) is 0 Å². The second kappa shape index (κ2) is 5.73. The van der Waals surface area contributed by atoms with Crippen LogP contribution in [0.4, 0.5) is 0 Å². The van der Waals surface area contributed by atoms with Gasteiger partial charge in [0.25, 0.3) is 0 Å². The number of esters is 1. The van der Waals surface area contributed by atoms with E-state index in [1.165, 1.54) is 21.0 Å². The van der Waals surface area contributed by atoms with Gasteiger partial charge in [-0.25, -0.2) is 4.79 Å². The van der Waals surface area contributed by atoms with Gasteiger partial charge < -0.3 is 14.3 Å². The Morgan fingerprint density at radius 2 is 1.85 bits per heavy atom. The lowest BCUT2D eigenvalue weighted by Gasteiger charge is -2.10. The van der Waals surface area contributed by atoms with Crippen LogP contribution in [-0.4, -0.2) is 24.8 Å². The van der Waals surface area contributed by atoms with Crippen LogP contribution in [0, 0.1) is 0 Å². The molecule has 0 heterocycles. The van der Waals surface area contributed by atoms with E-state index in [2.05, 4.69) is 9.99 Å². The summed E-state index contributed by atoms with van der Waals surface area (Å²) in [4.78, 5) is 26.5. The van der Waals surface area contributed by atoms with E-state index in [-0.39, 0.29) is 0 Å². The first-order valence-corrected chi connectivity index (χ1v) is 6.15. The van der Waals surface area contributed by atoms with Gasteiger partial charge in [0.2, 0.25) is 0 Å². The highest BCUT2D eigenvalue weighted by atomic mass is 16.7. The number of carbonyl (C=O) groups is 2. The quantitative estimate of drug-likeness (QED) is 0.365. The molecule has 0 spiro atoms. The molecule has 1 aliphatic carbocycles. The Labute approximate surface area is 116 Å². The van der Waals surface area contributed by atoms with Crippen molar-refractivity contribution in [1.29, 1.82) is 0 Å². The second-order valence-electron chi connectivity index (χ2n) is 4.37. The zero-order valence-electron chi connectivity index (χ0n) is 11.6. The summed E-state index contributed by atoms with van der Waals surface area (Å²) in [7, 11) is 1.49. The predicted molar refractivity (Wildman–Crippen MR) is 70.9 cm³/mol. The largest absolute Gasteiger partial charge is 0.493 e. The van der Waals surface area contributed by atoms with Crippen LogP contribution in [-0.2, 0) is 20.8 Å². The number of methoxy groups -OCH3 is 1. The molecule has 0 fully saturated rings. The minimum Gasteiger partial charge on any atom is -0.493 e. The summed E-state index contributed by atoms with van der Waals surface area (Å²) in [5, 5.41) is 3.83. The normalized spacial score (nSPS) is 14.8. The summed E-state index contributed by atoms with van der Waals surface area (Å²) in [6.45, 7) is 2.63. The Bertz CT molecular complexity index is 591. The van der Waals surface area contributed by atoms with Crippen LogP contribution >= 0.6 is 0 Å². The Balaban J connectivity index is 2.37. The number of hydrogen-bond donors (Lipinski definition) is 0. The minimum atomic E-state index is -0.463. The highest BCUT2D eigenvalue weighted by Crippen LogP contribution is 2.35. The van der Waals surface area contributed by atoms with Gasteiger partial charge >= 0.3 is 11.9 Å². The van der Waals surface area contributed by atoms with Crippen molar-refractivity contribution < 1.29 is 23.9 Å². The molecule has 6 nitrogen and oxygen atoms in total. The van der Waals surface area contributed by atoms with Crippen molar-refractivity contribution in [2.45, 2.75) is 26.7 Å². The first kappa shape index (κ1) is 14.0. The molecule has 106 valence electrons. The highest BCUT2D eigenvalue weighted by molar-refractivity contribution is 6.05. The van der Waals surface area contributed by atoms with Gasteiger partial charge in [0.15, 0.2) is 11.5 Å². The fourth-order valence-corrected chi connectivity index (χ4v) is 2.07. The van der Waals surface area contributed by atoms with E-state index in [0.717, 1.165) is 17.5 Å². The van der Waals surface area contributed by atoms with Crippen molar-refractivity contribution in [2.24, 2.45) is 5.16 Å². The van der Waals surface area contributed by atoms with Gasteiger partial charge in [-0.1, -0.05) is 5.16 Å². The van der Waals surface area contributed by atoms with Crippen LogP contribution in [0.15, 0.2) is 17.3 Å². The summed E-state index contributed by atoms with van der Waals surface area (Å²) in [6.07, 6.45) is 1.41. The van der Waals surface area contributed by atoms with Gasteiger partial charge in [0.1, 0.15) is 0 Å². The molecule has 0 aliphatic heterocycles. The number of ether oxygens (including phenoxy) is 2. The van der Waals surface area contributed by atoms with Crippen LogP contribution < -0.4 is 9.47 Å². The lowest BCUT2D eigenvalue weighted by Crippen LogP contribution is -2.05. The van der Waals surface area contributed by atoms with Gasteiger partial charge in [-0.15, -0.1) is 0 Å². The molecule has 0 aromatic heterocycles. The van der Waals surface area contributed by atoms with E-state index >= 15 is 0 Å². The monoisotopic (exact) mass is 277 g/mol. The lowest BCUT2D eigenvalue weighted by atomic mass is 10.1. The van der Waals surface area contributed by atoms with Crippen molar-refractivity contribution in [3.63, 3.8) is 0 Å². The van der Waals surface area contributed by atoms with E-state index in [1.54, 1.807) is 12.1 Å². The van der Waals surface area contributed by atoms with E-state index in [4.69, 9.17) is 9.47 Å². The molecule has 0 saturated heterocycles. The Morgan fingerprint density at radius 1 is 1.10 bits per heavy atom. The van der Waals surface area contributed by atoms with Gasteiger partial charge in [0.05, 0.1) is 12.8 Å². The molecule has 0 radical (unpaired) electrons. The summed E-state index contributed by atoms with van der Waals surface area (Å²) in [5.74, 6) is -0.0478. The number of rotatable bonds is 3. The lowest BCUT2D eigenvalue weighted by molar-refractivity contribution is -0.141. The topological polar surface area (TPSA) is 74.2 Å². The molecule has 0 atom stereocenters. The Kier molecular flexibility index (Phi) is 4.02. The van der Waals surface area contributed by atoms with E-state index in [9.17, 15) is 9.59 Å². The van der Waals surface area contributed by atoms with Gasteiger partial charge in [-0.3, -0.25) is 4.79 Å². The average Bonchev–Trinajstić information content (AvgIpc) is 2.76. The summed E-state index contributed by atoms with van der Waals surface area (Å²) in [6, 6.07) is 3.49. The zero-order chi connectivity index (χ0) is 14.7. The molecular formula is C14H15NO5. The summed E-state index contributed by atoms with van der Waals surface area (Å²) >= 11 is 0. The molecule has 2 rings (SSSR count). The highest BCUT2D eigenvalue weighted by Gasteiger charge is 2.22. The fraction of sp³-hybridized carbons (Fsp3) is 0.357. The third-order valence-electron chi connectivity index (χ3n) is 2.87. The summed E-state index contributed by atoms with van der Waals surface area (Å²) < 4.78 is 10.3. The summed E-state index contributed by atoms with van der Waals surface area (Å²) in [5.41, 5.74) is 2.51. The van der Waals surface area contributed by atoms with E-state index in [0.29, 0.717) is 23.6 Å². The number of carbonyl (C=O) groups excluding carboxylic acids is 2. The zero-order valence-corrected chi connectivity index (χ0v) is 11.6. The molecular weight excluding hydrogens is 262 g/mol. The number of nitrogens with zero attached hydrogens (tertiary/aromatic N) is 1. The van der Waals surface area contributed by atoms with E-state index in [1.807, 2.05) is 0 Å². The molecule has 6 heteroatoms. The van der Waals surface area contributed by atoms with Crippen LogP contribution in [0.25, 0.3) is 0 Å². The first-order chi connectivity index (χ1) is 9.51. The molecule has 0 saturated carbocycles. The van der Waals surface area contributed by atoms with Crippen molar-refractivity contribution in [2.75, 3.05) is 7.11 Å². The minimum absolute atomic E-state index is 0.382. The van der Waals surface area contributed by atoms with Gasteiger partial charge in [0, 0.05) is 19.4 Å². The van der Waals surface area contributed by atoms with Crippen LogP contribution in [0.1, 0.15) is 31.4 Å². The maximum atomic E-state index is 11.1. The molecule has 0 N–H and O–H groups in total. The molecule has 20 heavy (non-hydrogen) atoms. The molecule has 0 unspecified atom stereocenters. The van der Waals surface area contributed by atoms with Gasteiger partial charge in [-0.2, -0.15) is 0 Å². The number of fused-ring (bicyclic) bond motifs is 1. The Morgan fingerprint density at radius 3 is 2.45 bits per heavy atom. The third kappa shape index (κ3) is 2.96. The van der Waals surface area contributed by atoms with Crippen molar-refractivity contribution in [1.82, 2.24) is 0 Å². The number of benzene rings is 1. The molecule has 0 bridgehead atoms.